The summed E-state index contributed by atoms with van der Waals surface area (Å²) >= 11 is 5.79. The van der Waals surface area contributed by atoms with Crippen LogP contribution in [0.15, 0.2) is 48.5 Å². The molecular weight excluding hydrogens is 338 g/mol. The maximum absolute atomic E-state index is 12.3. The second kappa shape index (κ2) is 6.35. The third-order valence-electron chi connectivity index (χ3n) is 3.01. The van der Waals surface area contributed by atoms with E-state index in [2.05, 4.69) is 25.3 Å². The second-order valence-electron chi connectivity index (χ2n) is 4.80. The molecular formula is C14H12ClN5O2S. The first-order valence-corrected chi connectivity index (χ1v) is 8.64. The van der Waals surface area contributed by atoms with Crippen molar-refractivity contribution in [2.45, 2.75) is 5.75 Å². The lowest BCUT2D eigenvalue weighted by atomic mass is 10.2. The van der Waals surface area contributed by atoms with Crippen molar-refractivity contribution in [3.63, 3.8) is 0 Å². The minimum atomic E-state index is -3.54. The molecule has 0 amide bonds. The topological polar surface area (TPSA) is 101 Å². The first-order chi connectivity index (χ1) is 11.0. The third-order valence-corrected chi connectivity index (χ3v) is 4.52. The van der Waals surface area contributed by atoms with Crippen LogP contribution in [0.2, 0.25) is 5.02 Å². The molecule has 3 aromatic rings. The standard InChI is InChI=1S/C14H12ClN5O2S/c15-12-6-4-10(5-7-12)9-23(21,22)18-13-3-1-2-11(8-13)14-16-19-20-17-14/h1-8,18H,9H2,(H,16,17,19,20). The summed E-state index contributed by atoms with van der Waals surface area (Å²) in [5.74, 6) is 0.250. The van der Waals surface area contributed by atoms with Crippen molar-refractivity contribution >= 4 is 27.3 Å². The number of nitrogens with one attached hydrogen (secondary N) is 2. The van der Waals surface area contributed by atoms with Gasteiger partial charge < -0.3 is 0 Å². The lowest BCUT2D eigenvalue weighted by Crippen LogP contribution is -2.15. The Morgan fingerprint density at radius 3 is 2.61 bits per heavy atom. The van der Waals surface area contributed by atoms with Gasteiger partial charge in [0.15, 0.2) is 0 Å². The van der Waals surface area contributed by atoms with Crippen molar-refractivity contribution in [1.29, 1.82) is 0 Å². The van der Waals surface area contributed by atoms with E-state index in [-0.39, 0.29) is 5.75 Å². The van der Waals surface area contributed by atoms with Gasteiger partial charge in [-0.2, -0.15) is 5.21 Å². The largest absolute Gasteiger partial charge is 0.283 e. The number of benzene rings is 2. The molecule has 3 rings (SSSR count). The number of aromatic amines is 1. The number of sulfonamides is 1. The van der Waals surface area contributed by atoms with Crippen LogP contribution in [-0.4, -0.2) is 29.0 Å². The van der Waals surface area contributed by atoms with Crippen molar-refractivity contribution in [3.05, 3.63) is 59.1 Å². The first-order valence-electron chi connectivity index (χ1n) is 6.61. The van der Waals surface area contributed by atoms with Crippen molar-refractivity contribution in [2.75, 3.05) is 4.72 Å². The molecule has 0 aliphatic heterocycles. The number of hydrogen-bond donors (Lipinski definition) is 2. The summed E-state index contributed by atoms with van der Waals surface area (Å²) in [5.41, 5.74) is 1.74. The molecule has 2 aromatic carbocycles. The molecule has 0 spiro atoms. The van der Waals surface area contributed by atoms with Crippen LogP contribution in [0.5, 0.6) is 0 Å². The predicted molar refractivity (Wildman–Crippen MR) is 87.3 cm³/mol. The molecule has 0 radical (unpaired) electrons. The van der Waals surface area contributed by atoms with Crippen molar-refractivity contribution < 1.29 is 8.42 Å². The Labute approximate surface area is 137 Å². The van der Waals surface area contributed by atoms with Crippen LogP contribution in [-0.2, 0) is 15.8 Å². The summed E-state index contributed by atoms with van der Waals surface area (Å²) in [7, 11) is -3.54. The molecule has 1 aromatic heterocycles. The number of anilines is 1. The smallest absolute Gasteiger partial charge is 0.236 e. The molecule has 0 unspecified atom stereocenters. The predicted octanol–water partition coefficient (Wildman–Crippen LogP) is 2.46. The summed E-state index contributed by atoms with van der Waals surface area (Å²) in [6, 6.07) is 13.4. The van der Waals surface area contributed by atoms with E-state index in [1.807, 2.05) is 0 Å². The molecule has 0 bridgehead atoms. The molecule has 9 heteroatoms. The fourth-order valence-corrected chi connectivity index (χ4v) is 3.34. The Hall–Kier alpha value is -2.45. The maximum atomic E-state index is 12.3. The highest BCUT2D eigenvalue weighted by Crippen LogP contribution is 2.20. The van der Waals surface area contributed by atoms with Gasteiger partial charge in [-0.05, 0) is 35.0 Å². The molecule has 0 saturated heterocycles. The fourth-order valence-electron chi connectivity index (χ4n) is 2.02. The normalized spacial score (nSPS) is 11.3. The van der Waals surface area contributed by atoms with Crippen LogP contribution >= 0.6 is 11.6 Å². The van der Waals surface area contributed by atoms with Crippen LogP contribution in [0.1, 0.15) is 5.56 Å². The fraction of sp³-hybridized carbons (Fsp3) is 0.0714. The number of tetrazole rings is 1. The summed E-state index contributed by atoms with van der Waals surface area (Å²) in [6.07, 6.45) is 0. The summed E-state index contributed by atoms with van der Waals surface area (Å²) < 4.78 is 27.1. The van der Waals surface area contributed by atoms with Gasteiger partial charge in [0, 0.05) is 16.3 Å². The Bertz CT molecular complexity index is 895. The molecule has 118 valence electrons. The highest BCUT2D eigenvalue weighted by Gasteiger charge is 2.13. The summed E-state index contributed by atoms with van der Waals surface area (Å²) in [4.78, 5) is 0. The van der Waals surface area contributed by atoms with Gasteiger partial charge in [-0.15, -0.1) is 10.2 Å². The van der Waals surface area contributed by atoms with E-state index in [9.17, 15) is 8.42 Å². The van der Waals surface area contributed by atoms with E-state index in [1.165, 1.54) is 0 Å². The second-order valence-corrected chi connectivity index (χ2v) is 6.96. The molecule has 0 aliphatic carbocycles. The minimum absolute atomic E-state index is 0.142. The lowest BCUT2D eigenvalue weighted by Gasteiger charge is -2.09. The lowest BCUT2D eigenvalue weighted by molar-refractivity contribution is 0.600. The van der Waals surface area contributed by atoms with Gasteiger partial charge in [0.1, 0.15) is 0 Å². The average molecular weight is 350 g/mol. The SMILES string of the molecule is O=S(=O)(Cc1ccc(Cl)cc1)Nc1cccc(-c2nn[nH]n2)c1. The van der Waals surface area contributed by atoms with Gasteiger partial charge in [-0.3, -0.25) is 4.72 Å². The van der Waals surface area contributed by atoms with E-state index in [4.69, 9.17) is 11.6 Å². The highest BCUT2D eigenvalue weighted by molar-refractivity contribution is 7.91. The number of aromatic nitrogens is 4. The van der Waals surface area contributed by atoms with E-state index in [0.29, 0.717) is 27.7 Å². The maximum Gasteiger partial charge on any atom is 0.236 e. The molecule has 0 atom stereocenters. The van der Waals surface area contributed by atoms with Crippen molar-refractivity contribution in [2.24, 2.45) is 0 Å². The zero-order valence-corrected chi connectivity index (χ0v) is 13.3. The third kappa shape index (κ3) is 4.05. The van der Waals surface area contributed by atoms with Gasteiger partial charge in [0.25, 0.3) is 0 Å². The van der Waals surface area contributed by atoms with Crippen LogP contribution in [0.25, 0.3) is 11.4 Å². The van der Waals surface area contributed by atoms with Gasteiger partial charge in [-0.25, -0.2) is 8.42 Å². The molecule has 7 nitrogen and oxygen atoms in total. The molecule has 2 N–H and O–H groups in total. The Balaban J connectivity index is 1.78. The van der Waals surface area contributed by atoms with E-state index in [0.717, 1.165) is 0 Å². The Morgan fingerprint density at radius 2 is 1.91 bits per heavy atom. The van der Waals surface area contributed by atoms with E-state index < -0.39 is 10.0 Å². The molecule has 23 heavy (non-hydrogen) atoms. The van der Waals surface area contributed by atoms with Gasteiger partial charge in [0.2, 0.25) is 15.8 Å². The van der Waals surface area contributed by atoms with Crippen LogP contribution in [0.3, 0.4) is 0 Å². The molecule has 0 aliphatic rings. The van der Waals surface area contributed by atoms with Gasteiger partial charge in [0.05, 0.1) is 5.75 Å². The number of nitrogens with zero attached hydrogens (tertiary/aromatic N) is 3. The molecule has 0 fully saturated rings. The quantitative estimate of drug-likeness (QED) is 0.736. The summed E-state index contributed by atoms with van der Waals surface area (Å²) in [5, 5.41) is 14.1. The van der Waals surface area contributed by atoms with E-state index in [1.54, 1.807) is 48.5 Å². The number of hydrogen-bond acceptors (Lipinski definition) is 5. The first kappa shape index (κ1) is 15.4. The highest BCUT2D eigenvalue weighted by atomic mass is 35.5. The van der Waals surface area contributed by atoms with Crippen molar-refractivity contribution in [3.8, 4) is 11.4 Å². The van der Waals surface area contributed by atoms with Crippen LogP contribution < -0.4 is 4.72 Å². The zero-order valence-electron chi connectivity index (χ0n) is 11.8. The Kier molecular flexibility index (Phi) is 4.26. The Morgan fingerprint density at radius 1 is 1.13 bits per heavy atom. The average Bonchev–Trinajstić information content (AvgIpc) is 3.03. The van der Waals surface area contributed by atoms with Gasteiger partial charge >= 0.3 is 0 Å². The number of halogens is 1. The zero-order chi connectivity index (χ0) is 16.3. The number of H-pyrrole nitrogens is 1. The van der Waals surface area contributed by atoms with Gasteiger partial charge in [-0.1, -0.05) is 35.9 Å². The monoisotopic (exact) mass is 349 g/mol. The minimum Gasteiger partial charge on any atom is -0.283 e. The number of rotatable bonds is 5. The van der Waals surface area contributed by atoms with Crippen molar-refractivity contribution in [1.82, 2.24) is 20.6 Å². The molecule has 0 saturated carbocycles. The van der Waals surface area contributed by atoms with Crippen LogP contribution in [0, 0.1) is 0 Å². The summed E-state index contributed by atoms with van der Waals surface area (Å²) in [6.45, 7) is 0. The van der Waals surface area contributed by atoms with Crippen LogP contribution in [0.4, 0.5) is 5.69 Å². The molecule has 1 heterocycles. The van der Waals surface area contributed by atoms with E-state index >= 15 is 0 Å².